The molecule has 1 N–H and O–H groups in total. The Bertz CT molecular complexity index is 354. The van der Waals surface area contributed by atoms with Crippen LogP contribution in [0.1, 0.15) is 6.42 Å². The lowest BCUT2D eigenvalue weighted by Crippen LogP contribution is -2.39. The van der Waals surface area contributed by atoms with E-state index in [2.05, 4.69) is 10.3 Å². The fraction of sp³-hybridized carbons (Fsp3) is 0.545. The highest BCUT2D eigenvalue weighted by Crippen LogP contribution is 2.23. The molecular formula is C11H15ClN2O2. The van der Waals surface area contributed by atoms with Gasteiger partial charge in [-0.05, 0) is 12.1 Å². The third kappa shape index (κ3) is 2.64. The molecule has 1 aliphatic rings. The van der Waals surface area contributed by atoms with Crippen molar-refractivity contribution in [2.24, 2.45) is 0 Å². The van der Waals surface area contributed by atoms with Gasteiger partial charge in [0, 0.05) is 38.6 Å². The van der Waals surface area contributed by atoms with Crippen LogP contribution in [0.2, 0.25) is 5.15 Å². The van der Waals surface area contributed by atoms with Crippen molar-refractivity contribution in [1.29, 1.82) is 0 Å². The Balaban J connectivity index is 1.95. The van der Waals surface area contributed by atoms with Gasteiger partial charge in [0.25, 0.3) is 0 Å². The molecule has 1 aliphatic heterocycles. The molecule has 0 bridgehead atoms. The average Bonchev–Trinajstić information content (AvgIpc) is 2.76. The first-order valence-electron chi connectivity index (χ1n) is 5.22. The molecule has 0 amide bonds. The summed E-state index contributed by atoms with van der Waals surface area (Å²) in [5.74, 6) is 0. The Morgan fingerprint density at radius 1 is 1.69 bits per heavy atom. The molecule has 0 spiro atoms. The number of ether oxygens (including phenoxy) is 2. The van der Waals surface area contributed by atoms with E-state index in [0.717, 1.165) is 18.7 Å². The average molecular weight is 243 g/mol. The molecule has 0 radical (unpaired) electrons. The Morgan fingerprint density at radius 3 is 3.19 bits per heavy atom. The van der Waals surface area contributed by atoms with Crippen LogP contribution in [0, 0.1) is 0 Å². The molecule has 5 heteroatoms. The first kappa shape index (κ1) is 11.6. The van der Waals surface area contributed by atoms with Gasteiger partial charge < -0.3 is 14.8 Å². The standard InChI is InChI=1S/C11H15ClN2O2/c1-15-11(3-5-16-8-11)7-14-9-2-4-13-10(12)6-9/h2,4,6H,3,5,7-8H2,1H3,(H,13,14). The molecule has 1 unspecified atom stereocenters. The van der Waals surface area contributed by atoms with Gasteiger partial charge in [0.05, 0.1) is 6.61 Å². The van der Waals surface area contributed by atoms with Crippen LogP contribution in [-0.4, -0.2) is 37.5 Å². The monoisotopic (exact) mass is 242 g/mol. The van der Waals surface area contributed by atoms with Gasteiger partial charge >= 0.3 is 0 Å². The molecule has 16 heavy (non-hydrogen) atoms. The highest BCUT2D eigenvalue weighted by atomic mass is 35.5. The summed E-state index contributed by atoms with van der Waals surface area (Å²) in [6, 6.07) is 3.67. The van der Waals surface area contributed by atoms with E-state index in [-0.39, 0.29) is 5.60 Å². The second kappa shape index (κ2) is 4.99. The SMILES string of the molecule is COC1(CNc2ccnc(Cl)c2)CCOC1. The van der Waals surface area contributed by atoms with Gasteiger partial charge in [0.1, 0.15) is 10.8 Å². The molecule has 2 rings (SSSR count). The fourth-order valence-electron chi connectivity index (χ4n) is 1.74. The first-order valence-corrected chi connectivity index (χ1v) is 5.60. The number of nitrogens with one attached hydrogen (secondary N) is 1. The van der Waals surface area contributed by atoms with E-state index in [4.69, 9.17) is 21.1 Å². The van der Waals surface area contributed by atoms with Crippen molar-refractivity contribution < 1.29 is 9.47 Å². The maximum atomic E-state index is 5.80. The van der Waals surface area contributed by atoms with Crippen molar-refractivity contribution in [3.63, 3.8) is 0 Å². The molecule has 4 nitrogen and oxygen atoms in total. The van der Waals surface area contributed by atoms with E-state index in [1.54, 1.807) is 19.4 Å². The zero-order valence-corrected chi connectivity index (χ0v) is 9.96. The summed E-state index contributed by atoms with van der Waals surface area (Å²) in [6.07, 6.45) is 2.59. The van der Waals surface area contributed by atoms with Crippen molar-refractivity contribution in [2.75, 3.05) is 32.2 Å². The van der Waals surface area contributed by atoms with E-state index >= 15 is 0 Å². The molecule has 1 atom stereocenters. The zero-order valence-electron chi connectivity index (χ0n) is 9.20. The van der Waals surface area contributed by atoms with Crippen LogP contribution in [0.4, 0.5) is 5.69 Å². The molecule has 0 aromatic carbocycles. The minimum atomic E-state index is -0.213. The Labute approximate surface area is 99.9 Å². The van der Waals surface area contributed by atoms with Crippen LogP contribution in [0.3, 0.4) is 0 Å². The highest BCUT2D eigenvalue weighted by Gasteiger charge is 2.34. The second-order valence-electron chi connectivity index (χ2n) is 3.91. The summed E-state index contributed by atoms with van der Waals surface area (Å²) in [5.41, 5.74) is 0.735. The first-order chi connectivity index (χ1) is 7.74. The molecule has 2 heterocycles. The Hall–Kier alpha value is -0.840. The number of aromatic nitrogens is 1. The Kier molecular flexibility index (Phi) is 3.63. The maximum absolute atomic E-state index is 5.80. The molecule has 0 saturated carbocycles. The fourth-order valence-corrected chi connectivity index (χ4v) is 1.91. The number of nitrogens with zero attached hydrogens (tertiary/aromatic N) is 1. The number of hydrogen-bond acceptors (Lipinski definition) is 4. The van der Waals surface area contributed by atoms with E-state index in [0.29, 0.717) is 18.3 Å². The van der Waals surface area contributed by atoms with Crippen LogP contribution in [0.15, 0.2) is 18.3 Å². The van der Waals surface area contributed by atoms with Gasteiger partial charge in [-0.3, -0.25) is 0 Å². The maximum Gasteiger partial charge on any atom is 0.131 e. The normalized spacial score (nSPS) is 24.6. The predicted octanol–water partition coefficient (Wildman–Crippen LogP) is 1.95. The summed E-state index contributed by atoms with van der Waals surface area (Å²) < 4.78 is 10.9. The minimum Gasteiger partial charge on any atom is -0.382 e. The topological polar surface area (TPSA) is 43.4 Å². The van der Waals surface area contributed by atoms with Crippen LogP contribution < -0.4 is 5.32 Å². The van der Waals surface area contributed by atoms with E-state index in [1.807, 2.05) is 6.07 Å². The summed E-state index contributed by atoms with van der Waals surface area (Å²) in [7, 11) is 1.72. The van der Waals surface area contributed by atoms with E-state index in [1.165, 1.54) is 0 Å². The van der Waals surface area contributed by atoms with Gasteiger partial charge in [-0.1, -0.05) is 11.6 Å². The lowest BCUT2D eigenvalue weighted by atomic mass is 10.0. The van der Waals surface area contributed by atoms with E-state index < -0.39 is 0 Å². The zero-order chi connectivity index (χ0) is 11.4. The van der Waals surface area contributed by atoms with E-state index in [9.17, 15) is 0 Å². The smallest absolute Gasteiger partial charge is 0.131 e. The Morgan fingerprint density at radius 2 is 2.56 bits per heavy atom. The second-order valence-corrected chi connectivity index (χ2v) is 4.30. The molecule has 1 saturated heterocycles. The number of rotatable bonds is 4. The molecule has 1 aromatic heterocycles. The quantitative estimate of drug-likeness (QED) is 0.820. The third-order valence-corrected chi connectivity index (χ3v) is 3.05. The molecular weight excluding hydrogens is 228 g/mol. The van der Waals surface area contributed by atoms with Gasteiger partial charge in [-0.15, -0.1) is 0 Å². The third-order valence-electron chi connectivity index (χ3n) is 2.84. The summed E-state index contributed by atoms with van der Waals surface area (Å²) in [4.78, 5) is 3.93. The van der Waals surface area contributed by atoms with Crippen LogP contribution in [0.5, 0.6) is 0 Å². The summed E-state index contributed by atoms with van der Waals surface area (Å²) >= 11 is 5.80. The van der Waals surface area contributed by atoms with Gasteiger partial charge in [-0.2, -0.15) is 0 Å². The summed E-state index contributed by atoms with van der Waals surface area (Å²) in [6.45, 7) is 2.10. The van der Waals surface area contributed by atoms with Gasteiger partial charge in [0.15, 0.2) is 0 Å². The van der Waals surface area contributed by atoms with Gasteiger partial charge in [-0.25, -0.2) is 4.98 Å². The lowest BCUT2D eigenvalue weighted by molar-refractivity contribution is -0.00619. The number of methoxy groups -OCH3 is 1. The number of anilines is 1. The van der Waals surface area contributed by atoms with Crippen LogP contribution >= 0.6 is 11.6 Å². The molecule has 1 fully saturated rings. The minimum absolute atomic E-state index is 0.213. The van der Waals surface area contributed by atoms with Crippen molar-refractivity contribution in [3.05, 3.63) is 23.5 Å². The largest absolute Gasteiger partial charge is 0.382 e. The van der Waals surface area contributed by atoms with Crippen molar-refractivity contribution in [2.45, 2.75) is 12.0 Å². The highest BCUT2D eigenvalue weighted by molar-refractivity contribution is 6.29. The summed E-state index contributed by atoms with van der Waals surface area (Å²) in [5, 5.41) is 3.78. The van der Waals surface area contributed by atoms with Crippen molar-refractivity contribution >= 4 is 17.3 Å². The van der Waals surface area contributed by atoms with Crippen molar-refractivity contribution in [3.8, 4) is 0 Å². The number of hydrogen-bond donors (Lipinski definition) is 1. The molecule has 1 aromatic rings. The number of halogens is 1. The van der Waals surface area contributed by atoms with Crippen LogP contribution in [0.25, 0.3) is 0 Å². The van der Waals surface area contributed by atoms with Gasteiger partial charge in [0.2, 0.25) is 0 Å². The van der Waals surface area contributed by atoms with Crippen molar-refractivity contribution in [1.82, 2.24) is 4.98 Å². The van der Waals surface area contributed by atoms with Crippen LogP contribution in [-0.2, 0) is 9.47 Å². The number of pyridine rings is 1. The molecule has 88 valence electrons. The predicted molar refractivity (Wildman–Crippen MR) is 62.9 cm³/mol. The lowest BCUT2D eigenvalue weighted by Gasteiger charge is -2.26. The molecule has 0 aliphatic carbocycles.